The van der Waals surface area contributed by atoms with Gasteiger partial charge in [-0.25, -0.2) is 9.78 Å². The van der Waals surface area contributed by atoms with Gasteiger partial charge < -0.3 is 23.8 Å². The minimum absolute atomic E-state index is 0.00203. The Kier molecular flexibility index (Phi) is 8.76. The number of carbonyl (C=O) groups excluding carboxylic acids is 2. The molecule has 1 saturated heterocycles. The zero-order valence-electron chi connectivity index (χ0n) is 23.1. The maximum Gasteiger partial charge on any atom is 0.324 e. The van der Waals surface area contributed by atoms with Crippen LogP contribution in [0.3, 0.4) is 0 Å². The SMILES string of the molecule is CCCCCOc1cc(N2CCCN(C(C)c3ccnc4c3ccn4CC(=O)N(C)C)C2=O)ccc1OC. The fraction of sp³-hybridized carbons (Fsp3) is 0.483. The molecule has 1 aliphatic rings. The Bertz CT molecular complexity index is 1270. The zero-order chi connectivity index (χ0) is 27.2. The van der Waals surface area contributed by atoms with Crippen LogP contribution in [0.1, 0.15) is 51.1 Å². The lowest BCUT2D eigenvalue weighted by Crippen LogP contribution is -2.50. The van der Waals surface area contributed by atoms with E-state index in [4.69, 9.17) is 9.47 Å². The fourth-order valence-corrected chi connectivity index (χ4v) is 4.88. The van der Waals surface area contributed by atoms with Crippen molar-refractivity contribution in [1.82, 2.24) is 19.4 Å². The van der Waals surface area contributed by atoms with Crippen LogP contribution in [0, 0.1) is 0 Å². The fourth-order valence-electron chi connectivity index (χ4n) is 4.88. The van der Waals surface area contributed by atoms with E-state index in [-0.39, 0.29) is 24.5 Å². The summed E-state index contributed by atoms with van der Waals surface area (Å²) in [6.07, 6.45) is 7.70. The molecule has 1 fully saturated rings. The number of urea groups is 1. The van der Waals surface area contributed by atoms with Crippen molar-refractivity contribution in [3.05, 3.63) is 48.3 Å². The van der Waals surface area contributed by atoms with Crippen LogP contribution in [0.4, 0.5) is 10.5 Å². The van der Waals surface area contributed by atoms with E-state index in [0.717, 1.165) is 48.0 Å². The summed E-state index contributed by atoms with van der Waals surface area (Å²) in [5, 5.41) is 0.948. The molecule has 3 amide bonds. The minimum atomic E-state index is -0.167. The van der Waals surface area contributed by atoms with Crippen molar-refractivity contribution in [2.45, 2.75) is 52.1 Å². The number of amides is 3. The van der Waals surface area contributed by atoms with Crippen molar-refractivity contribution < 1.29 is 19.1 Å². The molecule has 0 saturated carbocycles. The standard InChI is InChI=1S/C29H39N5O4/c1-6-7-8-18-38-26-19-22(10-11-25(26)37-5)34-16-9-15-33(29(34)36)21(2)23-12-14-30-28-24(23)13-17-32(28)20-27(35)31(3)4/h10-14,17,19,21H,6-9,15-16,18,20H2,1-5H3. The van der Waals surface area contributed by atoms with Gasteiger partial charge in [-0.05, 0) is 49.6 Å². The van der Waals surface area contributed by atoms with Gasteiger partial charge in [0.25, 0.3) is 0 Å². The van der Waals surface area contributed by atoms with Crippen LogP contribution < -0.4 is 14.4 Å². The molecule has 9 heteroatoms. The average molecular weight is 522 g/mol. The number of nitrogens with zero attached hydrogens (tertiary/aromatic N) is 5. The van der Waals surface area contributed by atoms with Gasteiger partial charge in [0.15, 0.2) is 11.5 Å². The van der Waals surface area contributed by atoms with Crippen molar-refractivity contribution in [2.75, 3.05) is 45.8 Å². The highest BCUT2D eigenvalue weighted by atomic mass is 16.5. The van der Waals surface area contributed by atoms with Crippen molar-refractivity contribution in [3.8, 4) is 11.5 Å². The molecule has 3 aromatic rings. The first-order chi connectivity index (χ1) is 18.3. The van der Waals surface area contributed by atoms with Crippen LogP contribution in [0.5, 0.6) is 11.5 Å². The van der Waals surface area contributed by atoms with E-state index in [0.29, 0.717) is 31.2 Å². The number of ether oxygens (including phenoxy) is 2. The van der Waals surface area contributed by atoms with Crippen molar-refractivity contribution in [3.63, 3.8) is 0 Å². The number of methoxy groups -OCH3 is 1. The van der Waals surface area contributed by atoms with Gasteiger partial charge in [-0.15, -0.1) is 0 Å². The molecule has 0 aliphatic carbocycles. The van der Waals surface area contributed by atoms with E-state index >= 15 is 0 Å². The van der Waals surface area contributed by atoms with E-state index in [1.54, 1.807) is 32.3 Å². The van der Waals surface area contributed by atoms with Crippen LogP contribution in [0.25, 0.3) is 11.0 Å². The van der Waals surface area contributed by atoms with Gasteiger partial charge in [-0.2, -0.15) is 0 Å². The lowest BCUT2D eigenvalue weighted by molar-refractivity contribution is -0.129. The Hall–Kier alpha value is -3.75. The summed E-state index contributed by atoms with van der Waals surface area (Å²) in [5.41, 5.74) is 2.55. The van der Waals surface area contributed by atoms with Crippen LogP contribution in [-0.4, -0.2) is 72.2 Å². The van der Waals surface area contributed by atoms with Gasteiger partial charge in [-0.3, -0.25) is 9.69 Å². The largest absolute Gasteiger partial charge is 0.493 e. The zero-order valence-corrected chi connectivity index (χ0v) is 23.1. The molecule has 1 aromatic carbocycles. The smallest absolute Gasteiger partial charge is 0.324 e. The molecule has 0 N–H and O–H groups in total. The molecule has 0 spiro atoms. The molecule has 1 unspecified atom stereocenters. The maximum atomic E-state index is 13.8. The summed E-state index contributed by atoms with van der Waals surface area (Å²) in [6.45, 7) is 6.35. The maximum absolute atomic E-state index is 13.8. The quantitative estimate of drug-likeness (QED) is 0.328. The van der Waals surface area contributed by atoms with Gasteiger partial charge >= 0.3 is 6.03 Å². The van der Waals surface area contributed by atoms with E-state index < -0.39 is 0 Å². The number of likely N-dealkylation sites (N-methyl/N-ethyl adjacent to an activating group) is 1. The molecular formula is C29H39N5O4. The third-order valence-electron chi connectivity index (χ3n) is 7.14. The molecule has 0 bridgehead atoms. The van der Waals surface area contributed by atoms with Crippen LogP contribution in [0.2, 0.25) is 0 Å². The molecule has 204 valence electrons. The minimum Gasteiger partial charge on any atom is -0.493 e. The number of hydrogen-bond acceptors (Lipinski definition) is 5. The molecule has 1 atom stereocenters. The van der Waals surface area contributed by atoms with Gasteiger partial charge in [0, 0.05) is 56.7 Å². The van der Waals surface area contributed by atoms with E-state index in [1.807, 2.05) is 50.9 Å². The summed E-state index contributed by atoms with van der Waals surface area (Å²) < 4.78 is 13.4. The number of pyridine rings is 1. The number of hydrogen-bond donors (Lipinski definition) is 0. The van der Waals surface area contributed by atoms with Crippen LogP contribution in [-0.2, 0) is 11.3 Å². The Morgan fingerprint density at radius 2 is 1.95 bits per heavy atom. The van der Waals surface area contributed by atoms with E-state index in [1.165, 1.54) is 0 Å². The Morgan fingerprint density at radius 3 is 2.68 bits per heavy atom. The number of benzene rings is 1. The number of unbranched alkanes of at least 4 members (excludes halogenated alkanes) is 2. The third-order valence-corrected chi connectivity index (χ3v) is 7.14. The second-order valence-corrected chi connectivity index (χ2v) is 9.92. The van der Waals surface area contributed by atoms with Gasteiger partial charge in [0.05, 0.1) is 19.8 Å². The molecule has 3 heterocycles. The van der Waals surface area contributed by atoms with Gasteiger partial charge in [-0.1, -0.05) is 19.8 Å². The number of rotatable bonds is 11. The van der Waals surface area contributed by atoms with Crippen LogP contribution in [0.15, 0.2) is 42.7 Å². The second kappa shape index (κ2) is 12.2. The molecule has 2 aromatic heterocycles. The van der Waals surface area contributed by atoms with Gasteiger partial charge in [0.1, 0.15) is 12.2 Å². The summed E-state index contributed by atoms with van der Waals surface area (Å²) in [6, 6.07) is 9.42. The van der Waals surface area contributed by atoms with E-state index in [2.05, 4.69) is 18.8 Å². The third kappa shape index (κ3) is 5.71. The topological polar surface area (TPSA) is 80.1 Å². The van der Waals surface area contributed by atoms with Crippen LogP contribution >= 0.6 is 0 Å². The summed E-state index contributed by atoms with van der Waals surface area (Å²) in [5.74, 6) is 1.32. The second-order valence-electron chi connectivity index (χ2n) is 9.92. The first kappa shape index (κ1) is 27.3. The lowest BCUT2D eigenvalue weighted by atomic mass is 10.0. The molecule has 0 radical (unpaired) electrons. The molecule has 4 rings (SSSR count). The summed E-state index contributed by atoms with van der Waals surface area (Å²) in [4.78, 5) is 35.9. The molecule has 9 nitrogen and oxygen atoms in total. The first-order valence-corrected chi connectivity index (χ1v) is 13.4. The monoisotopic (exact) mass is 521 g/mol. The predicted molar refractivity (Wildman–Crippen MR) is 149 cm³/mol. The first-order valence-electron chi connectivity index (χ1n) is 13.4. The highest BCUT2D eigenvalue weighted by molar-refractivity contribution is 5.94. The Balaban J connectivity index is 1.56. The summed E-state index contributed by atoms with van der Waals surface area (Å²) in [7, 11) is 5.11. The predicted octanol–water partition coefficient (Wildman–Crippen LogP) is 5.10. The highest BCUT2D eigenvalue weighted by Gasteiger charge is 2.32. The number of aromatic nitrogens is 2. The highest BCUT2D eigenvalue weighted by Crippen LogP contribution is 2.35. The number of carbonyl (C=O) groups is 2. The Morgan fingerprint density at radius 1 is 1.13 bits per heavy atom. The van der Waals surface area contributed by atoms with E-state index in [9.17, 15) is 9.59 Å². The van der Waals surface area contributed by atoms with Crippen molar-refractivity contribution in [2.24, 2.45) is 0 Å². The number of anilines is 1. The average Bonchev–Trinajstić information content (AvgIpc) is 3.33. The molecule has 38 heavy (non-hydrogen) atoms. The normalized spacial score (nSPS) is 14.6. The summed E-state index contributed by atoms with van der Waals surface area (Å²) >= 11 is 0. The van der Waals surface area contributed by atoms with Crippen molar-refractivity contribution in [1.29, 1.82) is 0 Å². The molecule has 1 aliphatic heterocycles. The van der Waals surface area contributed by atoms with Crippen molar-refractivity contribution >= 4 is 28.7 Å². The van der Waals surface area contributed by atoms with Gasteiger partial charge in [0.2, 0.25) is 5.91 Å². The number of fused-ring (bicyclic) bond motifs is 1. The lowest BCUT2D eigenvalue weighted by Gasteiger charge is -2.39. The Labute approximate surface area is 224 Å². The molecular weight excluding hydrogens is 482 g/mol.